The van der Waals surface area contributed by atoms with Crippen molar-refractivity contribution in [2.75, 3.05) is 51.8 Å². The third-order valence-electron chi connectivity index (χ3n) is 7.82. The van der Waals surface area contributed by atoms with E-state index in [4.69, 9.17) is 9.47 Å². The maximum absolute atomic E-state index is 14.4. The van der Waals surface area contributed by atoms with E-state index >= 15 is 0 Å². The Bertz CT molecular complexity index is 1120. The summed E-state index contributed by atoms with van der Waals surface area (Å²) in [7, 11) is 1.53. The minimum atomic E-state index is -0.594. The molecule has 0 radical (unpaired) electrons. The molecule has 12 heteroatoms. The Labute approximate surface area is 216 Å². The number of ether oxygens (including phenoxy) is 2. The molecule has 5 rings (SSSR count). The van der Waals surface area contributed by atoms with Crippen molar-refractivity contribution in [3.8, 4) is 0 Å². The number of rotatable bonds is 6. The number of carbonyl (C=O) groups is 1. The van der Waals surface area contributed by atoms with Crippen LogP contribution in [-0.2, 0) is 28.2 Å². The average molecular weight is 517 g/mol. The predicted octanol–water partition coefficient (Wildman–Crippen LogP) is 2.83. The highest BCUT2D eigenvalue weighted by atomic mass is 19.1. The number of urea groups is 1. The molecule has 2 aromatic rings. The summed E-state index contributed by atoms with van der Waals surface area (Å²) < 4.78 is 25.0. The Morgan fingerprint density at radius 3 is 2.81 bits per heavy atom. The van der Waals surface area contributed by atoms with Gasteiger partial charge in [0.25, 0.3) is 0 Å². The van der Waals surface area contributed by atoms with E-state index in [0.29, 0.717) is 30.6 Å². The second-order valence-electron chi connectivity index (χ2n) is 10.8. The van der Waals surface area contributed by atoms with Crippen molar-refractivity contribution in [1.82, 2.24) is 34.9 Å². The van der Waals surface area contributed by atoms with Gasteiger partial charge in [-0.3, -0.25) is 10.00 Å². The third-order valence-corrected chi connectivity index (χ3v) is 7.82. The fraction of sp³-hybridized carbons (Fsp3) is 0.680. The first-order valence-corrected chi connectivity index (χ1v) is 13.0. The van der Waals surface area contributed by atoms with E-state index in [1.165, 1.54) is 7.11 Å². The number of hydrogen-bond acceptors (Lipinski definition) is 8. The molecule has 0 spiro atoms. The second kappa shape index (κ2) is 10.5. The molecule has 2 amide bonds. The van der Waals surface area contributed by atoms with E-state index in [1.807, 2.05) is 23.6 Å². The molecule has 5 heterocycles. The lowest BCUT2D eigenvalue weighted by atomic mass is 9.99. The van der Waals surface area contributed by atoms with E-state index in [9.17, 15) is 9.18 Å². The minimum Gasteiger partial charge on any atom is -0.381 e. The van der Waals surface area contributed by atoms with Gasteiger partial charge < -0.3 is 24.6 Å². The first-order chi connectivity index (χ1) is 17.8. The number of fused-ring (bicyclic) bond motifs is 1. The summed E-state index contributed by atoms with van der Waals surface area (Å²) in [5.74, 6) is 0.922. The zero-order valence-corrected chi connectivity index (χ0v) is 22.1. The van der Waals surface area contributed by atoms with Gasteiger partial charge in [0.1, 0.15) is 6.61 Å². The molecule has 2 saturated heterocycles. The number of aromatic amines is 1. The summed E-state index contributed by atoms with van der Waals surface area (Å²) in [5.41, 5.74) is 1.07. The SMILES string of the molecule is COCc1ncc(F)c(Nc2n[nH]c3c2CN(C(=O)N2CCN(CC4CCOCC4)C[C@@H]2C)C3(C)C)n1. The maximum atomic E-state index is 14.4. The van der Waals surface area contributed by atoms with Crippen LogP contribution in [-0.4, -0.2) is 93.4 Å². The number of piperazine rings is 1. The highest BCUT2D eigenvalue weighted by Gasteiger charge is 2.46. The standard InChI is InChI=1S/C25H37FN8O3/c1-16-12-32(13-17-5-9-37-10-6-17)7-8-33(16)24(35)34-14-18-21(25(34,2)3)30-31-22(18)29-23-19(26)11-27-20(28-23)15-36-4/h11,16-17H,5-10,12-15H2,1-4H3,(H2,27,28,29,30,31)/t16-/m0/s1. The van der Waals surface area contributed by atoms with Gasteiger partial charge in [-0.05, 0) is 39.5 Å². The van der Waals surface area contributed by atoms with Gasteiger partial charge in [0.05, 0.1) is 24.0 Å². The van der Waals surface area contributed by atoms with Crippen LogP contribution in [0.15, 0.2) is 6.20 Å². The molecular formula is C25H37FN8O3. The molecule has 3 aliphatic rings. The first-order valence-electron chi connectivity index (χ1n) is 13.0. The lowest BCUT2D eigenvalue weighted by Gasteiger charge is -2.44. The van der Waals surface area contributed by atoms with E-state index < -0.39 is 11.4 Å². The molecular weight excluding hydrogens is 479 g/mol. The topological polar surface area (TPSA) is 112 Å². The number of hydrogen-bond donors (Lipinski definition) is 2. The van der Waals surface area contributed by atoms with Crippen molar-refractivity contribution in [1.29, 1.82) is 0 Å². The van der Waals surface area contributed by atoms with Crippen LogP contribution in [0.4, 0.5) is 20.8 Å². The molecule has 0 bridgehead atoms. The van der Waals surface area contributed by atoms with Gasteiger partial charge in [0.2, 0.25) is 0 Å². The Morgan fingerprint density at radius 2 is 2.08 bits per heavy atom. The van der Waals surface area contributed by atoms with Crippen LogP contribution in [0.25, 0.3) is 0 Å². The quantitative estimate of drug-likeness (QED) is 0.603. The van der Waals surface area contributed by atoms with Crippen molar-refractivity contribution in [2.24, 2.45) is 5.92 Å². The molecule has 2 fully saturated rings. The van der Waals surface area contributed by atoms with Crippen LogP contribution >= 0.6 is 0 Å². The van der Waals surface area contributed by atoms with Gasteiger partial charge in [-0.1, -0.05) is 0 Å². The molecule has 3 aliphatic heterocycles. The molecule has 11 nitrogen and oxygen atoms in total. The molecule has 2 N–H and O–H groups in total. The summed E-state index contributed by atoms with van der Waals surface area (Å²) >= 11 is 0. The van der Waals surface area contributed by atoms with Crippen LogP contribution in [0, 0.1) is 11.7 Å². The second-order valence-corrected chi connectivity index (χ2v) is 10.8. The fourth-order valence-electron chi connectivity index (χ4n) is 5.66. The summed E-state index contributed by atoms with van der Waals surface area (Å²) in [6.45, 7) is 11.9. The normalized spacial score (nSPS) is 22.4. The molecule has 1 atom stereocenters. The van der Waals surface area contributed by atoms with Crippen molar-refractivity contribution in [3.05, 3.63) is 29.1 Å². The molecule has 202 valence electrons. The van der Waals surface area contributed by atoms with Crippen LogP contribution < -0.4 is 5.32 Å². The van der Waals surface area contributed by atoms with Crippen molar-refractivity contribution in [3.63, 3.8) is 0 Å². The van der Waals surface area contributed by atoms with Gasteiger partial charge >= 0.3 is 6.03 Å². The number of halogens is 1. The maximum Gasteiger partial charge on any atom is 0.321 e. The lowest BCUT2D eigenvalue weighted by Crippen LogP contribution is -2.59. The van der Waals surface area contributed by atoms with E-state index in [-0.39, 0.29) is 24.5 Å². The number of carbonyl (C=O) groups excluding carboxylic acids is 1. The predicted molar refractivity (Wildman–Crippen MR) is 135 cm³/mol. The number of nitrogens with one attached hydrogen (secondary N) is 2. The van der Waals surface area contributed by atoms with Crippen molar-refractivity contribution >= 4 is 17.7 Å². The van der Waals surface area contributed by atoms with Gasteiger partial charge in [0.15, 0.2) is 23.3 Å². The van der Waals surface area contributed by atoms with Crippen LogP contribution in [0.1, 0.15) is 50.7 Å². The zero-order valence-electron chi connectivity index (χ0n) is 22.1. The zero-order chi connectivity index (χ0) is 26.2. The molecule has 0 unspecified atom stereocenters. The highest BCUT2D eigenvalue weighted by Crippen LogP contribution is 2.42. The van der Waals surface area contributed by atoms with E-state index in [2.05, 4.69) is 37.3 Å². The van der Waals surface area contributed by atoms with Crippen molar-refractivity contribution < 1.29 is 18.7 Å². The van der Waals surface area contributed by atoms with E-state index in [0.717, 1.165) is 63.1 Å². The number of anilines is 2. The van der Waals surface area contributed by atoms with Crippen LogP contribution in [0.5, 0.6) is 0 Å². The molecule has 0 aromatic carbocycles. The minimum absolute atomic E-state index is 0.00867. The van der Waals surface area contributed by atoms with E-state index in [1.54, 1.807) is 0 Å². The number of nitrogens with zero attached hydrogens (tertiary/aromatic N) is 6. The largest absolute Gasteiger partial charge is 0.381 e. The summed E-state index contributed by atoms with van der Waals surface area (Å²) in [4.78, 5) is 28.3. The number of aromatic nitrogens is 4. The summed E-state index contributed by atoms with van der Waals surface area (Å²) in [6, 6.07) is 0.121. The summed E-state index contributed by atoms with van der Waals surface area (Å²) in [6.07, 6.45) is 3.34. The average Bonchev–Trinajstić information content (AvgIpc) is 3.39. The Balaban J connectivity index is 1.26. The first kappa shape index (κ1) is 25.8. The van der Waals surface area contributed by atoms with Gasteiger partial charge in [0, 0.05) is 58.1 Å². The number of H-pyrrole nitrogens is 1. The Hall–Kier alpha value is -2.83. The van der Waals surface area contributed by atoms with Crippen LogP contribution in [0.3, 0.4) is 0 Å². The molecule has 0 aliphatic carbocycles. The number of methoxy groups -OCH3 is 1. The summed E-state index contributed by atoms with van der Waals surface area (Å²) in [5, 5.41) is 10.4. The molecule has 0 saturated carbocycles. The Kier molecular flexibility index (Phi) is 7.32. The molecule has 2 aromatic heterocycles. The Morgan fingerprint density at radius 1 is 1.30 bits per heavy atom. The highest BCUT2D eigenvalue weighted by molar-refractivity contribution is 5.78. The van der Waals surface area contributed by atoms with Crippen molar-refractivity contribution in [2.45, 2.75) is 58.3 Å². The smallest absolute Gasteiger partial charge is 0.321 e. The molecule has 37 heavy (non-hydrogen) atoms. The third kappa shape index (κ3) is 5.14. The number of amides is 2. The fourth-order valence-corrected chi connectivity index (χ4v) is 5.66. The van der Waals surface area contributed by atoms with Gasteiger partial charge in [-0.2, -0.15) is 5.10 Å². The van der Waals surface area contributed by atoms with Crippen LogP contribution in [0.2, 0.25) is 0 Å². The van der Waals surface area contributed by atoms with Gasteiger partial charge in [-0.15, -0.1) is 0 Å². The van der Waals surface area contributed by atoms with Gasteiger partial charge in [-0.25, -0.2) is 19.2 Å². The monoisotopic (exact) mass is 516 g/mol. The lowest BCUT2D eigenvalue weighted by molar-refractivity contribution is 0.0290.